The molecule has 0 aromatic heterocycles. The first kappa shape index (κ1) is 13.8. The molecule has 0 heterocycles. The van der Waals surface area contributed by atoms with E-state index in [1.54, 1.807) is 7.11 Å². The highest BCUT2D eigenvalue weighted by atomic mass is 79.9. The van der Waals surface area contributed by atoms with Crippen molar-refractivity contribution < 1.29 is 4.74 Å². The number of rotatable bonds is 6. The fourth-order valence-electron chi connectivity index (χ4n) is 2.03. The van der Waals surface area contributed by atoms with Crippen LogP contribution in [0.25, 0.3) is 0 Å². The molecule has 18 heavy (non-hydrogen) atoms. The summed E-state index contributed by atoms with van der Waals surface area (Å²) in [6.45, 7) is 1.58. The van der Waals surface area contributed by atoms with Crippen molar-refractivity contribution in [3.05, 3.63) is 28.2 Å². The molecule has 0 bridgehead atoms. The molecule has 0 spiro atoms. The lowest BCUT2D eigenvalue weighted by Crippen LogP contribution is -2.31. The summed E-state index contributed by atoms with van der Waals surface area (Å²) in [5.41, 5.74) is 7.86. The van der Waals surface area contributed by atoms with Crippen LogP contribution in [0.4, 0.5) is 5.69 Å². The molecule has 0 saturated heterocycles. The predicted octanol–water partition coefficient (Wildman–Crippen LogP) is 2.70. The van der Waals surface area contributed by atoms with Gasteiger partial charge in [-0.15, -0.1) is 0 Å². The maximum absolute atomic E-state index is 5.81. The molecule has 1 aliphatic carbocycles. The van der Waals surface area contributed by atoms with Crippen molar-refractivity contribution in [3.8, 4) is 0 Å². The number of ether oxygens (including phenoxy) is 1. The van der Waals surface area contributed by atoms with Crippen LogP contribution in [0.5, 0.6) is 0 Å². The van der Waals surface area contributed by atoms with E-state index in [9.17, 15) is 0 Å². The van der Waals surface area contributed by atoms with E-state index < -0.39 is 0 Å². The van der Waals surface area contributed by atoms with Crippen molar-refractivity contribution in [2.75, 3.05) is 25.2 Å². The minimum atomic E-state index is 0.445. The van der Waals surface area contributed by atoms with E-state index in [4.69, 9.17) is 22.7 Å². The lowest BCUT2D eigenvalue weighted by molar-refractivity contribution is 0.205. The zero-order chi connectivity index (χ0) is 13.1. The van der Waals surface area contributed by atoms with E-state index in [0.29, 0.717) is 17.6 Å². The summed E-state index contributed by atoms with van der Waals surface area (Å²) in [6.07, 6.45) is 2.46. The first-order chi connectivity index (χ1) is 8.63. The topological polar surface area (TPSA) is 38.5 Å². The van der Waals surface area contributed by atoms with Gasteiger partial charge >= 0.3 is 0 Å². The molecule has 0 aliphatic heterocycles. The molecule has 1 aromatic carbocycles. The number of anilines is 1. The van der Waals surface area contributed by atoms with Crippen molar-refractivity contribution in [2.45, 2.75) is 18.9 Å². The van der Waals surface area contributed by atoms with Gasteiger partial charge in [-0.1, -0.05) is 28.1 Å². The summed E-state index contributed by atoms with van der Waals surface area (Å²) < 4.78 is 6.23. The summed E-state index contributed by atoms with van der Waals surface area (Å²) in [5, 5.41) is 0. The number of hydrogen-bond acceptors (Lipinski definition) is 3. The molecular formula is C13H17BrN2OS. The molecule has 98 valence electrons. The van der Waals surface area contributed by atoms with Gasteiger partial charge in [-0.05, 0) is 31.0 Å². The van der Waals surface area contributed by atoms with Crippen LogP contribution in [-0.2, 0) is 4.74 Å². The Morgan fingerprint density at radius 1 is 1.56 bits per heavy atom. The standard InChI is InChI=1S/C13H17BrN2OS/c1-17-7-6-16(10-3-4-10)12-8-9(14)2-5-11(12)13(15)18/h2,5,8,10H,3-4,6-7H2,1H3,(H2,15,18). The minimum Gasteiger partial charge on any atom is -0.389 e. The second kappa shape index (κ2) is 5.99. The van der Waals surface area contributed by atoms with Crippen molar-refractivity contribution >= 4 is 38.8 Å². The molecule has 1 aromatic rings. The molecule has 5 heteroatoms. The highest BCUT2D eigenvalue weighted by Gasteiger charge is 2.30. The zero-order valence-corrected chi connectivity index (χ0v) is 12.8. The summed E-state index contributed by atoms with van der Waals surface area (Å²) in [7, 11) is 1.72. The van der Waals surface area contributed by atoms with Crippen LogP contribution in [0.2, 0.25) is 0 Å². The normalized spacial score (nSPS) is 14.6. The van der Waals surface area contributed by atoms with Gasteiger partial charge in [0.2, 0.25) is 0 Å². The van der Waals surface area contributed by atoms with Crippen molar-refractivity contribution in [1.82, 2.24) is 0 Å². The second-order valence-corrected chi connectivity index (χ2v) is 5.80. The Morgan fingerprint density at radius 3 is 2.83 bits per heavy atom. The van der Waals surface area contributed by atoms with Crippen molar-refractivity contribution in [2.24, 2.45) is 5.73 Å². The molecular weight excluding hydrogens is 312 g/mol. The fraction of sp³-hybridized carbons (Fsp3) is 0.462. The van der Waals surface area contributed by atoms with E-state index in [0.717, 1.165) is 22.3 Å². The number of hydrogen-bond donors (Lipinski definition) is 1. The van der Waals surface area contributed by atoms with Gasteiger partial charge in [-0.25, -0.2) is 0 Å². The molecule has 0 unspecified atom stereocenters. The lowest BCUT2D eigenvalue weighted by Gasteiger charge is -2.27. The molecule has 0 atom stereocenters. The molecule has 1 aliphatic rings. The molecule has 0 amide bonds. The fourth-order valence-corrected chi connectivity index (χ4v) is 2.55. The molecule has 3 nitrogen and oxygen atoms in total. The summed E-state index contributed by atoms with van der Waals surface area (Å²) >= 11 is 8.65. The van der Waals surface area contributed by atoms with Crippen LogP contribution in [0.1, 0.15) is 18.4 Å². The van der Waals surface area contributed by atoms with E-state index in [2.05, 4.69) is 26.9 Å². The number of methoxy groups -OCH3 is 1. The monoisotopic (exact) mass is 328 g/mol. The quantitative estimate of drug-likeness (QED) is 0.815. The molecule has 2 rings (SSSR count). The van der Waals surface area contributed by atoms with Gasteiger partial charge in [0.05, 0.1) is 6.61 Å². The Labute approximate surface area is 121 Å². The average molecular weight is 329 g/mol. The van der Waals surface area contributed by atoms with Gasteiger partial charge < -0.3 is 15.4 Å². The Balaban J connectivity index is 2.32. The van der Waals surface area contributed by atoms with Crippen LogP contribution in [0, 0.1) is 0 Å². The molecule has 1 saturated carbocycles. The number of thiocarbonyl (C=S) groups is 1. The molecule has 2 N–H and O–H groups in total. The van der Waals surface area contributed by atoms with E-state index in [1.165, 1.54) is 12.8 Å². The average Bonchev–Trinajstić information content (AvgIpc) is 3.13. The van der Waals surface area contributed by atoms with E-state index in [-0.39, 0.29) is 0 Å². The van der Waals surface area contributed by atoms with Gasteiger partial charge in [0.15, 0.2) is 0 Å². The van der Waals surface area contributed by atoms with Crippen LogP contribution in [-0.4, -0.2) is 31.3 Å². The highest BCUT2D eigenvalue weighted by Crippen LogP contribution is 2.34. The number of nitrogens with zero attached hydrogens (tertiary/aromatic N) is 1. The molecule has 1 fully saturated rings. The first-order valence-electron chi connectivity index (χ1n) is 5.98. The van der Waals surface area contributed by atoms with Crippen molar-refractivity contribution in [3.63, 3.8) is 0 Å². The maximum Gasteiger partial charge on any atom is 0.106 e. The predicted molar refractivity (Wildman–Crippen MR) is 82.3 cm³/mol. The zero-order valence-electron chi connectivity index (χ0n) is 10.4. The molecule has 0 radical (unpaired) electrons. The summed E-state index contributed by atoms with van der Waals surface area (Å²) in [6, 6.07) is 6.63. The largest absolute Gasteiger partial charge is 0.389 e. The summed E-state index contributed by atoms with van der Waals surface area (Å²) in [4.78, 5) is 2.79. The smallest absolute Gasteiger partial charge is 0.106 e. The number of nitrogens with two attached hydrogens (primary N) is 1. The lowest BCUT2D eigenvalue weighted by atomic mass is 10.1. The SMILES string of the molecule is COCCN(c1cc(Br)ccc1C(N)=S)C1CC1. The van der Waals surface area contributed by atoms with E-state index >= 15 is 0 Å². The summed E-state index contributed by atoms with van der Waals surface area (Å²) in [5.74, 6) is 0. The van der Waals surface area contributed by atoms with Crippen molar-refractivity contribution in [1.29, 1.82) is 0 Å². The van der Waals surface area contributed by atoms with Crippen LogP contribution < -0.4 is 10.6 Å². The van der Waals surface area contributed by atoms with E-state index in [1.807, 2.05) is 12.1 Å². The van der Waals surface area contributed by atoms with Crippen LogP contribution in [0.3, 0.4) is 0 Å². The van der Waals surface area contributed by atoms with Gasteiger partial charge in [0.1, 0.15) is 4.99 Å². The third-order valence-electron chi connectivity index (χ3n) is 3.06. The van der Waals surface area contributed by atoms with Crippen LogP contribution >= 0.6 is 28.1 Å². The maximum atomic E-state index is 5.81. The Hall–Kier alpha value is -0.650. The van der Waals surface area contributed by atoms with Gasteiger partial charge in [-0.2, -0.15) is 0 Å². The third kappa shape index (κ3) is 3.22. The number of benzene rings is 1. The number of halogens is 1. The minimum absolute atomic E-state index is 0.445. The van der Waals surface area contributed by atoms with Gasteiger partial charge in [-0.3, -0.25) is 0 Å². The second-order valence-electron chi connectivity index (χ2n) is 4.44. The third-order valence-corrected chi connectivity index (χ3v) is 3.77. The highest BCUT2D eigenvalue weighted by molar-refractivity contribution is 9.10. The first-order valence-corrected chi connectivity index (χ1v) is 7.18. The van der Waals surface area contributed by atoms with Crippen LogP contribution in [0.15, 0.2) is 22.7 Å². The Bertz CT molecular complexity index is 449. The Morgan fingerprint density at radius 2 is 2.28 bits per heavy atom. The van der Waals surface area contributed by atoms with Gasteiger partial charge in [0.25, 0.3) is 0 Å². The van der Waals surface area contributed by atoms with Gasteiger partial charge in [0, 0.05) is 35.4 Å². The Kier molecular flexibility index (Phi) is 4.59.